The Morgan fingerprint density at radius 2 is 1.38 bits per heavy atom. The van der Waals surface area contributed by atoms with Crippen molar-refractivity contribution in [2.75, 3.05) is 0 Å². The van der Waals surface area contributed by atoms with Crippen LogP contribution in [0, 0.1) is 0 Å². The molecule has 2 rings (SSSR count). The van der Waals surface area contributed by atoms with Crippen molar-refractivity contribution in [2.24, 2.45) is 0 Å². The molecule has 1 aromatic heterocycles. The van der Waals surface area contributed by atoms with Crippen LogP contribution in [-0.4, -0.2) is 29.4 Å². The third-order valence-corrected chi connectivity index (χ3v) is 1.84. The molecule has 0 saturated heterocycles. The summed E-state index contributed by atoms with van der Waals surface area (Å²) in [5.41, 5.74) is 2.27. The number of halogens is 6. The first-order valence-electron chi connectivity index (χ1n) is 5.25. The predicted octanol–water partition coefficient (Wildman–Crippen LogP) is 1.21. The van der Waals surface area contributed by atoms with E-state index in [1.807, 2.05) is 18.2 Å². The number of hydrogen-bond donors (Lipinski definition) is 0. The van der Waals surface area contributed by atoms with Crippen molar-refractivity contribution >= 4 is 19.5 Å². The predicted molar refractivity (Wildman–Crippen MR) is 63.7 cm³/mol. The Kier molecular flexibility index (Phi) is 6.76. The minimum atomic E-state index is -11.2. The smallest absolute Gasteiger partial charge is 0.261 e. The Labute approximate surface area is 141 Å². The van der Waals surface area contributed by atoms with Gasteiger partial charge in [0, 0.05) is 25.0 Å². The van der Waals surface area contributed by atoms with Crippen molar-refractivity contribution in [3.8, 4) is 0 Å². The van der Waals surface area contributed by atoms with E-state index in [0.717, 1.165) is 12.1 Å². The number of rotatable bonds is 2. The third kappa shape index (κ3) is 15.9. The van der Waals surface area contributed by atoms with E-state index in [4.69, 9.17) is 0 Å². The van der Waals surface area contributed by atoms with Gasteiger partial charge in [-0.15, -0.1) is 0 Å². The van der Waals surface area contributed by atoms with Gasteiger partial charge < -0.3 is 0 Å². The fourth-order valence-electron chi connectivity index (χ4n) is 1.23. The minimum Gasteiger partial charge on any atom is -0.261 e. The zero-order valence-corrected chi connectivity index (χ0v) is 15.5. The van der Waals surface area contributed by atoms with Gasteiger partial charge in [0.1, 0.15) is 0 Å². The third-order valence-electron chi connectivity index (χ3n) is 1.84. The van der Waals surface area contributed by atoms with E-state index < -0.39 is 19.5 Å². The molecule has 10 heteroatoms. The van der Waals surface area contributed by atoms with E-state index in [-0.39, 0.29) is 29.6 Å². The van der Waals surface area contributed by atoms with E-state index in [9.17, 15) is 16.9 Å². The zero-order valence-electron chi connectivity index (χ0n) is 10.9. The summed E-state index contributed by atoms with van der Waals surface area (Å²) in [6.45, 7) is 0. The molecule has 0 radical (unpaired) electrons. The number of aromatic nitrogens is 2. The fourth-order valence-corrected chi connectivity index (χ4v) is 1.23. The van der Waals surface area contributed by atoms with Crippen molar-refractivity contribution < 1.29 is 46.4 Å². The molecule has 0 unspecified atom stereocenters. The normalized spacial score (nSPS) is 13.8. The summed E-state index contributed by atoms with van der Waals surface area (Å²) in [4.78, 5) is 8.23. The summed E-state index contributed by atoms with van der Waals surface area (Å²) < 4.78 is 59.6. The van der Waals surface area contributed by atoms with E-state index in [0.29, 0.717) is 0 Å². The van der Waals surface area contributed by atoms with Gasteiger partial charge in [-0.1, -0.05) is 30.3 Å². The Hall–Kier alpha value is -0.302. The van der Waals surface area contributed by atoms with Gasteiger partial charge in [0.2, 0.25) is 0 Å². The van der Waals surface area contributed by atoms with Crippen molar-refractivity contribution in [1.82, 2.24) is 9.97 Å². The Morgan fingerprint density at radius 1 is 0.857 bits per heavy atom. The van der Waals surface area contributed by atoms with Crippen LogP contribution in [0.1, 0.15) is 11.3 Å². The fraction of sp³-hybridized carbons (Fsp3) is 0.0909. The molecule has 0 spiro atoms. The van der Waals surface area contributed by atoms with Gasteiger partial charge in [0.05, 0.1) is 5.69 Å². The van der Waals surface area contributed by atoms with Gasteiger partial charge >= 0.3 is 65.9 Å². The summed E-state index contributed by atoms with van der Waals surface area (Å²) in [5, 5.41) is 0. The zero-order chi connectivity index (χ0) is 15.3. The molecule has 0 aliphatic carbocycles. The molecule has 112 valence electrons. The van der Waals surface area contributed by atoms with Crippen LogP contribution < -0.4 is 29.6 Å². The quantitative estimate of drug-likeness (QED) is 0.531. The second kappa shape index (κ2) is 6.85. The summed E-state index contributed by atoms with van der Waals surface area (Å²) in [7, 11) is 0. The monoisotopic (exact) mass is 428 g/mol. The molecule has 0 bridgehead atoms. The molecule has 0 amide bonds. The molecule has 0 saturated carbocycles. The average Bonchev–Trinajstić information content (AvgIpc) is 2.27. The van der Waals surface area contributed by atoms with Crippen LogP contribution in [0.2, 0.25) is 0 Å². The maximum Gasteiger partial charge on any atom is 1.00 e. The van der Waals surface area contributed by atoms with Gasteiger partial charge in [-0.25, -0.2) is 0 Å². The van der Waals surface area contributed by atoms with E-state index in [1.165, 1.54) is 5.56 Å². The molecule has 21 heavy (non-hydrogen) atoms. The molecule has 1 heterocycles. The largest absolute Gasteiger partial charge is 1.00 e. The number of nitrogens with zero attached hydrogens (tertiary/aromatic N) is 2. The van der Waals surface area contributed by atoms with Gasteiger partial charge in [-0.2, -0.15) is 0 Å². The minimum absolute atomic E-state index is 0. The maximum absolute atomic E-state index is 11.2. The molecule has 0 N–H and O–H groups in total. The molecule has 0 aliphatic heterocycles. The summed E-state index contributed by atoms with van der Waals surface area (Å²) in [5.74, 6) is 0. The van der Waals surface area contributed by atoms with Crippen molar-refractivity contribution in [2.45, 2.75) is 6.42 Å². The molecule has 0 atom stereocenters. The van der Waals surface area contributed by atoms with Gasteiger partial charge in [0.25, 0.3) is 0 Å². The van der Waals surface area contributed by atoms with Crippen LogP contribution in [0.25, 0.3) is 0 Å². The SMILES string of the molecule is [F][Sb-]([F])([F])([F])([F])[F].[Na+].c1ccc(Cc2cnccn2)cc1. The van der Waals surface area contributed by atoms with Crippen LogP contribution >= 0.6 is 0 Å². The topological polar surface area (TPSA) is 25.8 Å². The van der Waals surface area contributed by atoms with Gasteiger partial charge in [-0.3, -0.25) is 9.97 Å². The Bertz CT molecular complexity index is 498. The van der Waals surface area contributed by atoms with Crippen molar-refractivity contribution in [1.29, 1.82) is 0 Å². The first kappa shape index (κ1) is 20.7. The summed E-state index contributed by atoms with van der Waals surface area (Å²) >= 11 is -11.2. The molecule has 1 aromatic carbocycles. The average molecular weight is 429 g/mol. The molecular weight excluding hydrogens is 419 g/mol. The molecule has 0 fully saturated rings. The van der Waals surface area contributed by atoms with E-state index >= 15 is 0 Å². The van der Waals surface area contributed by atoms with Crippen LogP contribution in [0.4, 0.5) is 16.9 Å². The van der Waals surface area contributed by atoms with Gasteiger partial charge in [-0.05, 0) is 5.56 Å². The summed E-state index contributed by atoms with van der Waals surface area (Å²) in [6.07, 6.45) is 6.06. The molecule has 0 aliphatic rings. The molecule has 2 nitrogen and oxygen atoms in total. The van der Waals surface area contributed by atoms with E-state index in [2.05, 4.69) is 22.1 Å². The van der Waals surface area contributed by atoms with Crippen LogP contribution in [0.5, 0.6) is 0 Å². The van der Waals surface area contributed by atoms with Gasteiger partial charge in [0.15, 0.2) is 0 Å². The first-order chi connectivity index (χ1) is 8.90. The first-order valence-corrected chi connectivity index (χ1v) is 11.0. The number of benzene rings is 1. The van der Waals surface area contributed by atoms with Crippen LogP contribution in [0.3, 0.4) is 0 Å². The Balaban J connectivity index is 0.000000436. The maximum atomic E-state index is 9.93. The Morgan fingerprint density at radius 3 is 1.81 bits per heavy atom. The van der Waals surface area contributed by atoms with E-state index in [1.54, 1.807) is 18.6 Å². The van der Waals surface area contributed by atoms with Crippen molar-refractivity contribution in [3.05, 3.63) is 60.2 Å². The second-order valence-corrected chi connectivity index (χ2v) is 9.29. The van der Waals surface area contributed by atoms with Crippen molar-refractivity contribution in [3.63, 3.8) is 0 Å². The summed E-state index contributed by atoms with van der Waals surface area (Å²) in [6, 6.07) is 10.3. The van der Waals surface area contributed by atoms with Crippen LogP contribution in [0.15, 0.2) is 48.9 Å². The molecular formula is C11H10F6N2NaSb. The second-order valence-electron chi connectivity index (χ2n) is 3.82. The van der Waals surface area contributed by atoms with Crippen LogP contribution in [-0.2, 0) is 6.42 Å². The number of hydrogen-bond acceptors (Lipinski definition) is 2. The standard InChI is InChI=1S/C11H10N2.6FH.Na.Sb/c1-2-4-10(5-3-1)8-11-9-12-6-7-13-11;;;;;;;;/h1-7,9H,8H2;6*1H;;/q;;;;;;;+1;+5/p-6. The molecule has 2 aromatic rings.